The largest absolute Gasteiger partial charge is 0.432 e. The van der Waals surface area contributed by atoms with Crippen molar-refractivity contribution in [2.75, 3.05) is 11.5 Å². The van der Waals surface area contributed by atoms with Gasteiger partial charge in [-0.2, -0.15) is 9.78 Å². The number of anilines is 1. The van der Waals surface area contributed by atoms with E-state index in [0.29, 0.717) is 33.8 Å². The van der Waals surface area contributed by atoms with E-state index in [0.717, 1.165) is 10.9 Å². The molecule has 1 aromatic heterocycles. The molecule has 1 amide bonds. The van der Waals surface area contributed by atoms with Crippen molar-refractivity contribution < 1.29 is 19.4 Å². The van der Waals surface area contributed by atoms with Gasteiger partial charge in [-0.25, -0.2) is 0 Å². The summed E-state index contributed by atoms with van der Waals surface area (Å²) in [6.07, 6.45) is 1.53. The highest BCUT2D eigenvalue weighted by Crippen LogP contribution is 2.60. The van der Waals surface area contributed by atoms with Gasteiger partial charge in [0, 0.05) is 34.0 Å². The molecule has 0 bridgehead atoms. The molecule has 8 nitrogen and oxygen atoms in total. The third-order valence-corrected chi connectivity index (χ3v) is 11.3. The Morgan fingerprint density at radius 1 is 1.07 bits per heavy atom. The zero-order valence-corrected chi connectivity index (χ0v) is 24.9. The van der Waals surface area contributed by atoms with E-state index in [1.54, 1.807) is 29.3 Å². The number of halogens is 1. The van der Waals surface area contributed by atoms with Crippen molar-refractivity contribution in [2.24, 2.45) is 5.92 Å². The molecule has 212 valence electrons. The first-order valence-electron chi connectivity index (χ1n) is 13.8. The van der Waals surface area contributed by atoms with Crippen LogP contribution in [-0.2, 0) is 21.7 Å². The second-order valence-electron chi connectivity index (χ2n) is 11.5. The Hall–Kier alpha value is -3.34. The quantitative estimate of drug-likeness (QED) is 0.314. The lowest BCUT2D eigenvalue weighted by Crippen LogP contribution is -2.46. The summed E-state index contributed by atoms with van der Waals surface area (Å²) in [5.41, 5.74) is 0.958. The lowest BCUT2D eigenvalue weighted by Gasteiger charge is -2.32. The Morgan fingerprint density at radius 3 is 2.61 bits per heavy atom. The lowest BCUT2D eigenvalue weighted by atomic mass is 9.82. The molecule has 10 heteroatoms. The number of hydrogen-bond donors (Lipinski definition) is 2. The summed E-state index contributed by atoms with van der Waals surface area (Å²) in [4.78, 5) is 40.6. The number of aromatic nitrogens is 2. The van der Waals surface area contributed by atoms with Gasteiger partial charge in [0.2, 0.25) is 0 Å². The van der Waals surface area contributed by atoms with E-state index in [9.17, 15) is 19.5 Å². The minimum Gasteiger partial charge on any atom is -0.432 e. The normalized spacial score (nSPS) is 24.0. The molecule has 41 heavy (non-hydrogen) atoms. The first kappa shape index (κ1) is 27.8. The van der Waals surface area contributed by atoms with Gasteiger partial charge in [-0.05, 0) is 61.5 Å². The third kappa shape index (κ3) is 4.43. The molecule has 2 aliphatic rings. The van der Waals surface area contributed by atoms with Crippen LogP contribution in [-0.4, -0.2) is 46.6 Å². The molecule has 2 N–H and O–H groups in total. The molecular formula is C31H32ClN3O5Si. The van der Waals surface area contributed by atoms with Crippen LogP contribution in [0, 0.1) is 5.92 Å². The second kappa shape index (κ2) is 10.2. The molecule has 4 aromatic rings. The Balaban J connectivity index is 1.40. The van der Waals surface area contributed by atoms with Crippen LogP contribution in [0.15, 0.2) is 77.7 Å². The monoisotopic (exact) mass is 589 g/mol. The van der Waals surface area contributed by atoms with Crippen LogP contribution in [0.1, 0.15) is 24.5 Å². The minimum atomic E-state index is -2.79. The van der Waals surface area contributed by atoms with Crippen LogP contribution in [0.2, 0.25) is 23.7 Å². The molecular weight excluding hydrogens is 558 g/mol. The molecule has 3 aromatic carbocycles. The fourth-order valence-corrected chi connectivity index (χ4v) is 9.62. The van der Waals surface area contributed by atoms with Gasteiger partial charge in [0.1, 0.15) is 0 Å². The maximum Gasteiger partial charge on any atom is 0.279 e. The molecule has 0 unspecified atom stereocenters. The van der Waals surface area contributed by atoms with E-state index in [1.807, 2.05) is 68.5 Å². The average molecular weight is 590 g/mol. The number of ether oxygens (including phenoxy) is 1. The number of carbonyl (C=O) groups excluding carboxylic acids is 1. The van der Waals surface area contributed by atoms with Crippen molar-refractivity contribution >= 4 is 42.3 Å². The molecule has 1 fully saturated rings. The Labute approximate surface area is 243 Å². The molecule has 0 saturated carbocycles. The Kier molecular flexibility index (Phi) is 6.91. The van der Waals surface area contributed by atoms with E-state index in [4.69, 9.17) is 16.3 Å². The minimum absolute atomic E-state index is 0.107. The molecule has 6 rings (SSSR count). The number of fused-ring (bicyclic) bond motifs is 3. The predicted molar refractivity (Wildman–Crippen MR) is 161 cm³/mol. The Bertz CT molecular complexity index is 1720. The first-order valence-corrected chi connectivity index (χ1v) is 17.2. The summed E-state index contributed by atoms with van der Waals surface area (Å²) in [5, 5.41) is 16.0. The average Bonchev–Trinajstić information content (AvgIpc) is 3.36. The van der Waals surface area contributed by atoms with Gasteiger partial charge >= 0.3 is 0 Å². The van der Waals surface area contributed by atoms with Crippen LogP contribution in [0.25, 0.3) is 16.5 Å². The zero-order valence-electron chi connectivity index (χ0n) is 23.1. The highest BCUT2D eigenvalue weighted by atomic mass is 35.5. The number of benzene rings is 3. The van der Waals surface area contributed by atoms with E-state index >= 15 is 0 Å². The molecule has 0 aliphatic carbocycles. The van der Waals surface area contributed by atoms with Gasteiger partial charge < -0.3 is 19.5 Å². The highest BCUT2D eigenvalue weighted by molar-refractivity contribution is 6.71. The SMILES string of the molecule is C[C@H]1[C@H]([Si](C)(C)O)[C@@H](CCO)O[C@]12C(=O)N(Cc1cccc(-n3ncc4ccccc4c3=O)c1)c1ccc(Cl)cc12. The molecule has 1 saturated heterocycles. The van der Waals surface area contributed by atoms with Gasteiger partial charge in [-0.3, -0.25) is 9.59 Å². The lowest BCUT2D eigenvalue weighted by molar-refractivity contribution is -0.146. The van der Waals surface area contributed by atoms with Gasteiger partial charge in [0.05, 0.1) is 35.6 Å². The van der Waals surface area contributed by atoms with Crippen LogP contribution in [0.5, 0.6) is 0 Å². The number of rotatable bonds is 6. The summed E-state index contributed by atoms with van der Waals surface area (Å²) in [7, 11) is -2.79. The zero-order chi connectivity index (χ0) is 29.1. The van der Waals surface area contributed by atoms with Crippen molar-refractivity contribution in [1.82, 2.24) is 9.78 Å². The first-order chi connectivity index (χ1) is 19.6. The summed E-state index contributed by atoms with van der Waals surface area (Å²) in [6, 6.07) is 20.1. The number of aliphatic hydroxyl groups is 1. The number of aliphatic hydroxyl groups excluding tert-OH is 1. The van der Waals surface area contributed by atoms with E-state index in [-0.39, 0.29) is 36.1 Å². The smallest absolute Gasteiger partial charge is 0.279 e. The number of nitrogens with zero attached hydrogens (tertiary/aromatic N) is 3. The van der Waals surface area contributed by atoms with Crippen LogP contribution in [0.4, 0.5) is 5.69 Å². The maximum atomic E-state index is 14.5. The van der Waals surface area contributed by atoms with Gasteiger partial charge in [0.25, 0.3) is 11.5 Å². The van der Waals surface area contributed by atoms with Gasteiger partial charge in [0.15, 0.2) is 13.9 Å². The molecule has 1 spiro atoms. The standard InChI is InChI=1S/C31H32ClN3O5Si/c1-19-28(41(2,3)39)27(13-14-36)40-31(19)25-16-22(32)11-12-26(25)34(30(31)38)18-20-7-6-9-23(15-20)35-29(37)24-10-5-4-8-21(24)17-33-35/h4-12,15-17,19,27-28,36,39H,13-14,18H2,1-3H3/t19-,27+,28-,31+/m0/s1. The maximum absolute atomic E-state index is 14.5. The summed E-state index contributed by atoms with van der Waals surface area (Å²) in [6.45, 7) is 5.79. The summed E-state index contributed by atoms with van der Waals surface area (Å²) in [5.74, 6) is -0.565. The van der Waals surface area contributed by atoms with E-state index in [2.05, 4.69) is 5.10 Å². The molecule has 2 aliphatic heterocycles. The Morgan fingerprint density at radius 2 is 1.85 bits per heavy atom. The van der Waals surface area contributed by atoms with Crippen LogP contribution < -0.4 is 10.5 Å². The number of amides is 1. The van der Waals surface area contributed by atoms with Crippen molar-refractivity contribution in [3.8, 4) is 5.69 Å². The fourth-order valence-electron chi connectivity index (χ4n) is 6.85. The van der Waals surface area contributed by atoms with Crippen LogP contribution in [0.3, 0.4) is 0 Å². The van der Waals surface area contributed by atoms with E-state index < -0.39 is 20.0 Å². The summed E-state index contributed by atoms with van der Waals surface area (Å²) < 4.78 is 7.99. The van der Waals surface area contributed by atoms with Crippen molar-refractivity contribution in [3.05, 3.63) is 99.4 Å². The number of carbonyl (C=O) groups is 1. The van der Waals surface area contributed by atoms with Crippen molar-refractivity contribution in [2.45, 2.75) is 50.2 Å². The highest BCUT2D eigenvalue weighted by Gasteiger charge is 2.66. The number of hydrogen-bond acceptors (Lipinski definition) is 6. The van der Waals surface area contributed by atoms with E-state index in [1.165, 1.54) is 4.68 Å². The topological polar surface area (TPSA) is 105 Å². The predicted octanol–water partition coefficient (Wildman–Crippen LogP) is 4.77. The molecule has 3 heterocycles. The van der Waals surface area contributed by atoms with Crippen molar-refractivity contribution in [1.29, 1.82) is 0 Å². The third-order valence-electron chi connectivity index (χ3n) is 8.55. The second-order valence-corrected chi connectivity index (χ2v) is 16.0. The molecule has 0 radical (unpaired) electrons. The van der Waals surface area contributed by atoms with Crippen molar-refractivity contribution in [3.63, 3.8) is 0 Å². The molecule has 4 atom stereocenters. The van der Waals surface area contributed by atoms with Gasteiger partial charge in [-0.1, -0.05) is 48.9 Å². The van der Waals surface area contributed by atoms with Gasteiger partial charge in [-0.15, -0.1) is 0 Å². The summed E-state index contributed by atoms with van der Waals surface area (Å²) >= 11 is 6.45. The van der Waals surface area contributed by atoms with Crippen LogP contribution >= 0.6 is 11.6 Å². The fraction of sp³-hybridized carbons (Fsp3) is 0.323.